The van der Waals surface area contributed by atoms with Crippen LogP contribution in [0.4, 0.5) is 5.69 Å². The molecule has 4 atom stereocenters. The second-order valence-corrected chi connectivity index (χ2v) is 7.68. The van der Waals surface area contributed by atoms with E-state index in [1.807, 2.05) is 18.2 Å². The molecule has 8 nitrogen and oxygen atoms in total. The molecule has 3 amide bonds. The van der Waals surface area contributed by atoms with Crippen LogP contribution >= 0.6 is 0 Å². The molecule has 2 aromatic rings. The molecule has 4 N–H and O–H groups in total. The molecule has 0 aliphatic heterocycles. The molecule has 2 aromatic carbocycles. The van der Waals surface area contributed by atoms with Crippen molar-refractivity contribution in [3.63, 3.8) is 0 Å². The number of rotatable bonds is 5. The summed E-state index contributed by atoms with van der Waals surface area (Å²) < 4.78 is 0. The number of hydrazine groups is 1. The molecule has 0 saturated heterocycles. The molecule has 1 fully saturated rings. The predicted octanol–water partition coefficient (Wildman–Crippen LogP) is 2.22. The Morgan fingerprint density at radius 2 is 1.35 bits per heavy atom. The van der Waals surface area contributed by atoms with Crippen molar-refractivity contribution in [3.05, 3.63) is 77.9 Å². The quantitative estimate of drug-likeness (QED) is 0.437. The molecule has 4 rings (SSSR count). The molecule has 8 heteroatoms. The van der Waals surface area contributed by atoms with Gasteiger partial charge in [0.25, 0.3) is 11.8 Å². The first-order valence-corrected chi connectivity index (χ1v) is 9.92. The number of anilines is 1. The SMILES string of the molecule is O=C(NNC(=O)C1C2C=CC(C2)C1C(=O)O)c1ccc(NC(=O)c2ccccc2)cc1. The fraction of sp³-hybridized carbons (Fsp3) is 0.217. The molecule has 4 unspecified atom stereocenters. The number of aliphatic carboxylic acids is 1. The minimum absolute atomic E-state index is 0.129. The first kappa shape index (κ1) is 20.3. The van der Waals surface area contributed by atoms with Gasteiger partial charge in [-0.15, -0.1) is 0 Å². The van der Waals surface area contributed by atoms with E-state index in [1.165, 1.54) is 12.1 Å². The number of allylic oxidation sites excluding steroid dienone is 2. The monoisotopic (exact) mass is 419 g/mol. The number of amides is 3. The van der Waals surface area contributed by atoms with E-state index in [4.69, 9.17) is 0 Å². The summed E-state index contributed by atoms with van der Waals surface area (Å²) in [5.41, 5.74) is 6.01. The molecule has 0 aromatic heterocycles. The van der Waals surface area contributed by atoms with Gasteiger partial charge in [0.05, 0.1) is 11.8 Å². The molecular formula is C23H21N3O5. The highest BCUT2D eigenvalue weighted by Gasteiger charge is 2.51. The third kappa shape index (κ3) is 4.18. The van der Waals surface area contributed by atoms with Crippen LogP contribution in [0.3, 0.4) is 0 Å². The largest absolute Gasteiger partial charge is 0.481 e. The van der Waals surface area contributed by atoms with Crippen molar-refractivity contribution in [2.24, 2.45) is 23.7 Å². The van der Waals surface area contributed by atoms with E-state index in [0.29, 0.717) is 17.7 Å². The van der Waals surface area contributed by atoms with Crippen molar-refractivity contribution < 1.29 is 24.3 Å². The van der Waals surface area contributed by atoms with Crippen LogP contribution in [0.5, 0.6) is 0 Å². The number of hydrogen-bond donors (Lipinski definition) is 4. The van der Waals surface area contributed by atoms with Crippen molar-refractivity contribution in [3.8, 4) is 0 Å². The summed E-state index contributed by atoms with van der Waals surface area (Å²) in [6, 6.07) is 14.9. The average Bonchev–Trinajstić information content (AvgIpc) is 3.40. The fourth-order valence-electron chi connectivity index (χ4n) is 4.29. The Bertz CT molecular complexity index is 1050. The normalized spacial score (nSPS) is 23.2. The van der Waals surface area contributed by atoms with Crippen LogP contribution in [0.25, 0.3) is 0 Å². The second-order valence-electron chi connectivity index (χ2n) is 7.68. The summed E-state index contributed by atoms with van der Waals surface area (Å²) in [5, 5.41) is 12.2. The summed E-state index contributed by atoms with van der Waals surface area (Å²) in [6.45, 7) is 0. The highest BCUT2D eigenvalue weighted by molar-refractivity contribution is 6.04. The van der Waals surface area contributed by atoms with Crippen molar-refractivity contribution in [2.75, 3.05) is 5.32 Å². The maximum Gasteiger partial charge on any atom is 0.307 e. The van der Waals surface area contributed by atoms with E-state index in [-0.39, 0.29) is 23.3 Å². The molecule has 0 spiro atoms. The summed E-state index contributed by atoms with van der Waals surface area (Å²) in [6.07, 6.45) is 4.36. The smallest absolute Gasteiger partial charge is 0.307 e. The van der Waals surface area contributed by atoms with Gasteiger partial charge in [0.1, 0.15) is 0 Å². The molecule has 1 saturated carbocycles. The predicted molar refractivity (Wildman–Crippen MR) is 112 cm³/mol. The van der Waals surface area contributed by atoms with Crippen molar-refractivity contribution in [2.45, 2.75) is 6.42 Å². The average molecular weight is 419 g/mol. The molecule has 0 radical (unpaired) electrons. The lowest BCUT2D eigenvalue weighted by molar-refractivity contribution is -0.148. The number of fused-ring (bicyclic) bond motifs is 2. The van der Waals surface area contributed by atoms with Gasteiger partial charge in [-0.25, -0.2) is 0 Å². The summed E-state index contributed by atoms with van der Waals surface area (Å²) in [5.74, 6) is -4.08. The Labute approximate surface area is 178 Å². The zero-order valence-electron chi connectivity index (χ0n) is 16.4. The van der Waals surface area contributed by atoms with Crippen LogP contribution in [-0.2, 0) is 9.59 Å². The van der Waals surface area contributed by atoms with E-state index in [2.05, 4.69) is 16.2 Å². The van der Waals surface area contributed by atoms with Gasteiger partial charge in [0.2, 0.25) is 5.91 Å². The topological polar surface area (TPSA) is 125 Å². The summed E-state index contributed by atoms with van der Waals surface area (Å²) >= 11 is 0. The van der Waals surface area contributed by atoms with Gasteiger partial charge < -0.3 is 10.4 Å². The zero-order chi connectivity index (χ0) is 22.0. The zero-order valence-corrected chi connectivity index (χ0v) is 16.4. The molecular weight excluding hydrogens is 398 g/mol. The Balaban J connectivity index is 1.33. The highest BCUT2D eigenvalue weighted by atomic mass is 16.4. The Kier molecular flexibility index (Phi) is 5.53. The minimum Gasteiger partial charge on any atom is -0.481 e. The Morgan fingerprint density at radius 3 is 2.00 bits per heavy atom. The number of carboxylic acids is 1. The van der Waals surface area contributed by atoms with E-state index in [1.54, 1.807) is 36.4 Å². The number of benzene rings is 2. The lowest BCUT2D eigenvalue weighted by Crippen LogP contribution is -2.48. The van der Waals surface area contributed by atoms with Gasteiger partial charge in [-0.05, 0) is 54.7 Å². The van der Waals surface area contributed by atoms with Crippen LogP contribution in [0, 0.1) is 23.7 Å². The van der Waals surface area contributed by atoms with Crippen molar-refractivity contribution in [1.82, 2.24) is 10.9 Å². The van der Waals surface area contributed by atoms with E-state index in [0.717, 1.165) is 0 Å². The third-order valence-electron chi connectivity index (χ3n) is 5.79. The van der Waals surface area contributed by atoms with E-state index >= 15 is 0 Å². The number of carbonyl (C=O) groups is 4. The molecule has 31 heavy (non-hydrogen) atoms. The first-order valence-electron chi connectivity index (χ1n) is 9.92. The molecule has 2 aliphatic rings. The highest BCUT2D eigenvalue weighted by Crippen LogP contribution is 2.48. The Hall–Kier alpha value is -3.94. The van der Waals surface area contributed by atoms with Gasteiger partial charge >= 0.3 is 5.97 Å². The number of hydrogen-bond acceptors (Lipinski definition) is 4. The number of carboxylic acid groups (broad SMARTS) is 1. The van der Waals surface area contributed by atoms with E-state index in [9.17, 15) is 24.3 Å². The van der Waals surface area contributed by atoms with E-state index < -0.39 is 29.6 Å². The number of carbonyl (C=O) groups excluding carboxylic acids is 3. The minimum atomic E-state index is -1.00. The van der Waals surface area contributed by atoms with Crippen molar-refractivity contribution >= 4 is 29.4 Å². The summed E-state index contributed by atoms with van der Waals surface area (Å²) in [7, 11) is 0. The van der Waals surface area contributed by atoms with Crippen molar-refractivity contribution in [1.29, 1.82) is 0 Å². The first-order chi connectivity index (χ1) is 14.9. The van der Waals surface area contributed by atoms with Gasteiger partial charge in [-0.1, -0.05) is 30.4 Å². The third-order valence-corrected chi connectivity index (χ3v) is 5.79. The van der Waals surface area contributed by atoms with Gasteiger partial charge in [-0.3, -0.25) is 30.0 Å². The molecule has 0 heterocycles. The fourth-order valence-corrected chi connectivity index (χ4v) is 4.29. The Morgan fingerprint density at radius 1 is 0.742 bits per heavy atom. The van der Waals surface area contributed by atoms with Gasteiger partial charge in [0, 0.05) is 16.8 Å². The maximum atomic E-state index is 12.5. The van der Waals surface area contributed by atoms with Crippen LogP contribution in [0.15, 0.2) is 66.7 Å². The van der Waals surface area contributed by atoms with Gasteiger partial charge in [-0.2, -0.15) is 0 Å². The molecule has 158 valence electrons. The lowest BCUT2D eigenvalue weighted by atomic mass is 9.82. The van der Waals surface area contributed by atoms with Crippen LogP contribution < -0.4 is 16.2 Å². The number of nitrogens with one attached hydrogen (secondary N) is 3. The van der Waals surface area contributed by atoms with Gasteiger partial charge in [0.15, 0.2) is 0 Å². The summed E-state index contributed by atoms with van der Waals surface area (Å²) in [4.78, 5) is 48.6. The molecule has 2 aliphatic carbocycles. The van der Waals surface area contributed by atoms with Crippen LogP contribution in [0.2, 0.25) is 0 Å². The standard InChI is InChI=1S/C23H21N3O5/c27-20(13-4-2-1-3-5-13)24-17-10-8-14(9-11-17)21(28)25-26-22(29)18-15-6-7-16(12-15)19(18)23(30)31/h1-11,15-16,18-19H,12H2,(H,24,27)(H,25,28)(H,26,29)(H,30,31). The maximum absolute atomic E-state index is 12.5. The lowest BCUT2D eigenvalue weighted by Gasteiger charge is -2.23. The molecule has 2 bridgehead atoms. The second kappa shape index (κ2) is 8.43. The van der Waals surface area contributed by atoms with Crippen LogP contribution in [0.1, 0.15) is 27.1 Å². The van der Waals surface area contributed by atoms with Crippen LogP contribution in [-0.4, -0.2) is 28.8 Å².